The summed E-state index contributed by atoms with van der Waals surface area (Å²) in [5.41, 5.74) is 0.524. The lowest BCUT2D eigenvalue weighted by Crippen LogP contribution is -2.12. The summed E-state index contributed by atoms with van der Waals surface area (Å²) in [4.78, 5) is 14.0. The van der Waals surface area contributed by atoms with Crippen LogP contribution in [0.25, 0.3) is 31.7 Å². The third-order valence-electron chi connectivity index (χ3n) is 4.70. The molecule has 0 aliphatic rings. The number of benzene rings is 3. The van der Waals surface area contributed by atoms with Crippen LogP contribution in [-0.2, 0) is 10.0 Å². The zero-order valence-corrected chi connectivity index (χ0v) is 21.0. The summed E-state index contributed by atoms with van der Waals surface area (Å²) in [5.74, 6) is 0. The molecule has 0 unspecified atom stereocenters. The van der Waals surface area contributed by atoms with Gasteiger partial charge in [0.05, 0.1) is 35.6 Å². The Kier molecular flexibility index (Phi) is 6.53. The van der Waals surface area contributed by atoms with Gasteiger partial charge in [-0.15, -0.1) is 11.3 Å². The molecule has 4 aromatic rings. The van der Waals surface area contributed by atoms with E-state index in [1.807, 2.05) is 6.07 Å². The van der Waals surface area contributed by atoms with Crippen molar-refractivity contribution in [2.45, 2.75) is 4.90 Å². The third-order valence-corrected chi connectivity index (χ3v) is 9.13. The lowest BCUT2D eigenvalue weighted by Gasteiger charge is -2.16. The fraction of sp³-hybridized carbons (Fsp3) is 0. The molecule has 3 aromatic carbocycles. The summed E-state index contributed by atoms with van der Waals surface area (Å²) in [6.07, 6.45) is 0. The van der Waals surface area contributed by atoms with Crippen molar-refractivity contribution in [3.63, 3.8) is 0 Å². The van der Waals surface area contributed by atoms with E-state index in [2.05, 4.69) is 0 Å². The molecule has 0 spiro atoms. The van der Waals surface area contributed by atoms with Crippen LogP contribution in [0.2, 0.25) is 25.1 Å². The van der Waals surface area contributed by atoms with Gasteiger partial charge in [-0.05, 0) is 29.8 Å². The van der Waals surface area contributed by atoms with Gasteiger partial charge < -0.3 is 0 Å². The standard InChI is InChI=1S/C21H10Cl5NO3S2/c22-15-13(16(23)18(25)19(26)17(15)24)14-20(28)11-3-1-2-4-12(11)31-21(14)9-5-7-10(8-6-9)32(27,29)30/h1-8H,(H2,27,29,30). The van der Waals surface area contributed by atoms with Gasteiger partial charge >= 0.3 is 0 Å². The van der Waals surface area contributed by atoms with E-state index in [4.69, 9.17) is 63.1 Å². The van der Waals surface area contributed by atoms with Crippen molar-refractivity contribution in [2.24, 2.45) is 5.14 Å². The second kappa shape index (κ2) is 8.78. The summed E-state index contributed by atoms with van der Waals surface area (Å²) in [6, 6.07) is 12.8. The number of fused-ring (bicyclic) bond motifs is 1. The van der Waals surface area contributed by atoms with Crippen molar-refractivity contribution >= 4 is 89.5 Å². The number of hydrogen-bond donors (Lipinski definition) is 1. The first kappa shape index (κ1) is 23.8. The molecule has 0 saturated carbocycles. The van der Waals surface area contributed by atoms with Gasteiger partial charge in [-0.25, -0.2) is 13.6 Å². The van der Waals surface area contributed by atoms with Gasteiger partial charge in [-0.3, -0.25) is 4.79 Å². The first-order valence-corrected chi connectivity index (χ1v) is 13.0. The van der Waals surface area contributed by atoms with E-state index in [-0.39, 0.29) is 46.6 Å². The molecule has 1 heterocycles. The van der Waals surface area contributed by atoms with Crippen LogP contribution in [0, 0.1) is 0 Å². The molecule has 4 rings (SSSR count). The van der Waals surface area contributed by atoms with E-state index < -0.39 is 10.0 Å². The Bertz CT molecular complexity index is 1540. The molecule has 4 nitrogen and oxygen atoms in total. The van der Waals surface area contributed by atoms with E-state index in [1.54, 1.807) is 30.3 Å². The highest BCUT2D eigenvalue weighted by Gasteiger charge is 2.26. The van der Waals surface area contributed by atoms with Crippen LogP contribution in [0.4, 0.5) is 0 Å². The Balaban J connectivity index is 2.15. The summed E-state index contributed by atoms with van der Waals surface area (Å²) < 4.78 is 24.0. The van der Waals surface area contributed by atoms with Crippen molar-refractivity contribution < 1.29 is 8.42 Å². The minimum Gasteiger partial charge on any atom is -0.288 e. The molecule has 32 heavy (non-hydrogen) atoms. The second-order valence-corrected chi connectivity index (χ2v) is 11.1. The maximum Gasteiger partial charge on any atom is 0.238 e. The van der Waals surface area contributed by atoms with Gasteiger partial charge in [-0.2, -0.15) is 0 Å². The van der Waals surface area contributed by atoms with E-state index in [0.29, 0.717) is 20.5 Å². The Morgan fingerprint density at radius 3 is 1.81 bits per heavy atom. The fourth-order valence-corrected chi connectivity index (χ4v) is 6.22. The molecule has 0 bridgehead atoms. The van der Waals surface area contributed by atoms with Crippen LogP contribution in [0.15, 0.2) is 58.2 Å². The molecule has 1 aromatic heterocycles. The molecule has 0 saturated heterocycles. The second-order valence-electron chi connectivity index (χ2n) is 6.65. The Morgan fingerprint density at radius 2 is 1.25 bits per heavy atom. The van der Waals surface area contributed by atoms with Crippen molar-refractivity contribution in [3.05, 3.63) is 83.9 Å². The average Bonchev–Trinajstić information content (AvgIpc) is 2.77. The van der Waals surface area contributed by atoms with Crippen LogP contribution in [0.3, 0.4) is 0 Å². The Hall–Kier alpha value is -1.35. The SMILES string of the molecule is NS(=O)(=O)c1ccc(-c2sc3ccccc3c(=O)c2-c2c(Cl)c(Cl)c(Cl)c(Cl)c2Cl)cc1. The van der Waals surface area contributed by atoms with Crippen molar-refractivity contribution in [1.82, 2.24) is 0 Å². The zero-order valence-electron chi connectivity index (χ0n) is 15.6. The minimum absolute atomic E-state index is 0.0203. The molecule has 0 aliphatic heterocycles. The number of hydrogen-bond acceptors (Lipinski definition) is 4. The van der Waals surface area contributed by atoms with E-state index in [9.17, 15) is 13.2 Å². The van der Waals surface area contributed by atoms with Gasteiger partial charge in [0.1, 0.15) is 0 Å². The fourth-order valence-electron chi connectivity index (χ4n) is 3.19. The van der Waals surface area contributed by atoms with Crippen LogP contribution in [0.5, 0.6) is 0 Å². The molecule has 164 valence electrons. The van der Waals surface area contributed by atoms with E-state index in [0.717, 1.165) is 0 Å². The molecule has 0 aliphatic carbocycles. The first-order valence-electron chi connectivity index (χ1n) is 8.73. The van der Waals surface area contributed by atoms with E-state index >= 15 is 0 Å². The summed E-state index contributed by atoms with van der Waals surface area (Å²) >= 11 is 32.9. The summed E-state index contributed by atoms with van der Waals surface area (Å²) in [7, 11) is -3.89. The van der Waals surface area contributed by atoms with Crippen molar-refractivity contribution in [2.75, 3.05) is 0 Å². The lowest BCUT2D eigenvalue weighted by molar-refractivity contribution is 0.598. The van der Waals surface area contributed by atoms with Gasteiger partial charge in [-0.1, -0.05) is 82.3 Å². The van der Waals surface area contributed by atoms with Gasteiger partial charge in [0.25, 0.3) is 0 Å². The minimum atomic E-state index is -3.89. The predicted octanol–water partition coefficient (Wildman–Crippen LogP) is 7.51. The number of sulfonamides is 1. The highest BCUT2D eigenvalue weighted by atomic mass is 35.5. The number of primary sulfonamides is 1. The number of rotatable bonds is 3. The lowest BCUT2D eigenvalue weighted by atomic mass is 10.00. The third kappa shape index (κ3) is 4.04. The van der Waals surface area contributed by atoms with Crippen LogP contribution in [0.1, 0.15) is 0 Å². The van der Waals surface area contributed by atoms with Gasteiger partial charge in [0, 0.05) is 20.5 Å². The first-order chi connectivity index (χ1) is 15.0. The van der Waals surface area contributed by atoms with Crippen molar-refractivity contribution in [1.29, 1.82) is 0 Å². The molecule has 0 amide bonds. The number of halogens is 5. The molecular formula is C21H10Cl5NO3S2. The molecular weight excluding hydrogens is 556 g/mol. The van der Waals surface area contributed by atoms with Crippen LogP contribution >= 0.6 is 69.3 Å². The van der Waals surface area contributed by atoms with E-state index in [1.165, 1.54) is 23.5 Å². The summed E-state index contributed by atoms with van der Waals surface area (Å²) in [6.45, 7) is 0. The topological polar surface area (TPSA) is 77.2 Å². The van der Waals surface area contributed by atoms with Crippen LogP contribution < -0.4 is 10.6 Å². The van der Waals surface area contributed by atoms with Gasteiger partial charge in [0.2, 0.25) is 10.0 Å². The number of nitrogens with two attached hydrogens (primary N) is 1. The zero-order chi connectivity index (χ0) is 23.4. The molecule has 0 fully saturated rings. The highest BCUT2D eigenvalue weighted by molar-refractivity contribution is 7.89. The largest absolute Gasteiger partial charge is 0.288 e. The predicted molar refractivity (Wildman–Crippen MR) is 135 cm³/mol. The van der Waals surface area contributed by atoms with Gasteiger partial charge in [0.15, 0.2) is 5.43 Å². The van der Waals surface area contributed by atoms with Crippen LogP contribution in [-0.4, -0.2) is 8.42 Å². The quantitative estimate of drug-likeness (QED) is 0.206. The molecule has 11 heteroatoms. The monoisotopic (exact) mass is 563 g/mol. The summed E-state index contributed by atoms with van der Waals surface area (Å²) in [5, 5.41) is 5.51. The molecule has 0 radical (unpaired) electrons. The maximum absolute atomic E-state index is 13.6. The molecule has 2 N–H and O–H groups in total. The Labute approximate surface area is 212 Å². The average molecular weight is 566 g/mol. The van der Waals surface area contributed by atoms with Crippen molar-refractivity contribution in [3.8, 4) is 21.6 Å². The normalized spacial score (nSPS) is 11.8. The maximum atomic E-state index is 13.6. The molecule has 0 atom stereocenters. The highest BCUT2D eigenvalue weighted by Crippen LogP contribution is 2.50. The smallest absolute Gasteiger partial charge is 0.238 e. The Morgan fingerprint density at radius 1 is 0.719 bits per heavy atom.